The van der Waals surface area contributed by atoms with Gasteiger partial charge in [-0.1, -0.05) is 13.0 Å². The van der Waals surface area contributed by atoms with Crippen molar-refractivity contribution in [1.29, 1.82) is 0 Å². The number of carboxylic acids is 1. The van der Waals surface area contributed by atoms with Crippen LogP contribution >= 0.6 is 11.8 Å². The first-order valence-electron chi connectivity index (χ1n) is 6.52. The molecule has 0 saturated heterocycles. The summed E-state index contributed by atoms with van der Waals surface area (Å²) in [7, 11) is -3.70. The molecule has 0 amide bonds. The zero-order valence-electron chi connectivity index (χ0n) is 12.6. The second-order valence-corrected chi connectivity index (χ2v) is 7.80. The van der Waals surface area contributed by atoms with E-state index in [1.807, 2.05) is 13.2 Å². The monoisotopic (exact) mass is 331 g/mol. The Morgan fingerprint density at radius 2 is 1.95 bits per heavy atom. The van der Waals surface area contributed by atoms with Gasteiger partial charge in [0.25, 0.3) is 0 Å². The topological polar surface area (TPSA) is 83.5 Å². The Balaban J connectivity index is 3.08. The van der Waals surface area contributed by atoms with Crippen molar-refractivity contribution < 1.29 is 18.3 Å². The fraction of sp³-hybridized carbons (Fsp3) is 0.500. The fourth-order valence-corrected chi connectivity index (χ4v) is 4.13. The van der Waals surface area contributed by atoms with Crippen molar-refractivity contribution in [1.82, 2.24) is 4.72 Å². The standard InChI is InChI=1S/C14H21NO4S2/c1-9(8-20-4)7-15-21(18,19)13-6-12(14(16)17)10(2)5-11(13)3/h5-6,9,15H,7-8H2,1-4H3,(H,16,17). The molecule has 0 bridgehead atoms. The summed E-state index contributed by atoms with van der Waals surface area (Å²) in [6.07, 6.45) is 1.97. The fourth-order valence-electron chi connectivity index (χ4n) is 2.03. The number of thioether (sulfide) groups is 1. The van der Waals surface area contributed by atoms with Crippen LogP contribution in [0.5, 0.6) is 0 Å². The molecular formula is C14H21NO4S2. The van der Waals surface area contributed by atoms with Gasteiger partial charge in [-0.15, -0.1) is 0 Å². The molecule has 0 fully saturated rings. The zero-order chi connectivity index (χ0) is 16.2. The zero-order valence-corrected chi connectivity index (χ0v) is 14.3. The van der Waals surface area contributed by atoms with Crippen molar-refractivity contribution in [2.24, 2.45) is 5.92 Å². The normalized spacial score (nSPS) is 13.1. The predicted octanol–water partition coefficient (Wildman–Crippen LogP) is 2.28. The molecule has 1 unspecified atom stereocenters. The molecule has 0 aliphatic carbocycles. The SMILES string of the molecule is CSCC(C)CNS(=O)(=O)c1cc(C(=O)O)c(C)cc1C. The summed E-state index contributed by atoms with van der Waals surface area (Å²) in [5.74, 6) is -0.0605. The van der Waals surface area contributed by atoms with E-state index in [1.165, 1.54) is 6.07 Å². The largest absolute Gasteiger partial charge is 0.478 e. The van der Waals surface area contributed by atoms with E-state index in [-0.39, 0.29) is 16.4 Å². The lowest BCUT2D eigenvalue weighted by atomic mass is 10.1. The number of aryl methyl sites for hydroxylation is 2. The van der Waals surface area contributed by atoms with Gasteiger partial charge in [-0.25, -0.2) is 17.9 Å². The van der Waals surface area contributed by atoms with Crippen LogP contribution in [-0.4, -0.2) is 38.0 Å². The van der Waals surface area contributed by atoms with Crippen molar-refractivity contribution in [2.45, 2.75) is 25.7 Å². The first-order chi connectivity index (χ1) is 9.69. The second-order valence-electron chi connectivity index (χ2n) is 5.15. The number of hydrogen-bond donors (Lipinski definition) is 2. The van der Waals surface area contributed by atoms with Crippen LogP contribution in [0.3, 0.4) is 0 Å². The van der Waals surface area contributed by atoms with E-state index in [4.69, 9.17) is 5.11 Å². The summed E-state index contributed by atoms with van der Waals surface area (Å²) >= 11 is 1.66. The third kappa shape index (κ3) is 4.72. The van der Waals surface area contributed by atoms with E-state index >= 15 is 0 Å². The van der Waals surface area contributed by atoms with Crippen molar-refractivity contribution in [3.8, 4) is 0 Å². The lowest BCUT2D eigenvalue weighted by Crippen LogP contribution is -2.30. The van der Waals surface area contributed by atoms with E-state index in [0.29, 0.717) is 17.7 Å². The molecule has 1 aromatic carbocycles. The molecular weight excluding hydrogens is 310 g/mol. The maximum Gasteiger partial charge on any atom is 0.335 e. The Morgan fingerprint density at radius 1 is 1.33 bits per heavy atom. The minimum Gasteiger partial charge on any atom is -0.478 e. The van der Waals surface area contributed by atoms with Crippen LogP contribution in [-0.2, 0) is 10.0 Å². The summed E-state index contributed by atoms with van der Waals surface area (Å²) in [5, 5.41) is 9.12. The molecule has 0 spiro atoms. The molecule has 0 radical (unpaired) electrons. The summed E-state index contributed by atoms with van der Waals surface area (Å²) in [6.45, 7) is 5.61. The van der Waals surface area contributed by atoms with Crippen LogP contribution in [0.4, 0.5) is 0 Å². The molecule has 1 rings (SSSR count). The number of rotatable bonds is 7. The molecule has 0 heterocycles. The lowest BCUT2D eigenvalue weighted by molar-refractivity contribution is 0.0696. The van der Waals surface area contributed by atoms with Crippen LogP contribution in [0.2, 0.25) is 0 Å². The van der Waals surface area contributed by atoms with Crippen LogP contribution in [0.25, 0.3) is 0 Å². The minimum absolute atomic E-state index is 0.0122. The average molecular weight is 331 g/mol. The molecule has 0 aromatic heterocycles. The van der Waals surface area contributed by atoms with Crippen molar-refractivity contribution in [2.75, 3.05) is 18.6 Å². The van der Waals surface area contributed by atoms with E-state index < -0.39 is 16.0 Å². The van der Waals surface area contributed by atoms with E-state index in [2.05, 4.69) is 4.72 Å². The number of aromatic carboxylic acids is 1. The Morgan fingerprint density at radius 3 is 2.48 bits per heavy atom. The Hall–Kier alpha value is -1.05. The maximum atomic E-state index is 12.3. The Labute approximate surface area is 130 Å². The second kappa shape index (κ2) is 7.29. The molecule has 0 aliphatic heterocycles. The summed E-state index contributed by atoms with van der Waals surface area (Å²) < 4.78 is 27.2. The van der Waals surface area contributed by atoms with E-state index in [0.717, 1.165) is 5.75 Å². The first kappa shape index (κ1) is 18.0. The summed E-state index contributed by atoms with van der Waals surface area (Å²) in [6, 6.07) is 2.82. The molecule has 5 nitrogen and oxygen atoms in total. The molecule has 7 heteroatoms. The van der Waals surface area contributed by atoms with E-state index in [9.17, 15) is 13.2 Å². The Bertz CT molecular complexity index is 626. The van der Waals surface area contributed by atoms with Crippen molar-refractivity contribution >= 4 is 27.8 Å². The van der Waals surface area contributed by atoms with Crippen LogP contribution in [0.15, 0.2) is 17.0 Å². The third-order valence-electron chi connectivity index (χ3n) is 3.11. The lowest BCUT2D eigenvalue weighted by Gasteiger charge is -2.14. The third-order valence-corrected chi connectivity index (χ3v) is 5.58. The molecule has 2 N–H and O–H groups in total. The highest BCUT2D eigenvalue weighted by Crippen LogP contribution is 2.21. The van der Waals surface area contributed by atoms with Crippen LogP contribution in [0.1, 0.15) is 28.4 Å². The molecule has 1 atom stereocenters. The molecule has 0 saturated carbocycles. The van der Waals surface area contributed by atoms with Crippen molar-refractivity contribution in [3.05, 3.63) is 28.8 Å². The minimum atomic E-state index is -3.70. The highest BCUT2D eigenvalue weighted by molar-refractivity contribution is 7.98. The number of nitrogens with one attached hydrogen (secondary N) is 1. The summed E-state index contributed by atoms with van der Waals surface area (Å²) in [4.78, 5) is 11.2. The highest BCUT2D eigenvalue weighted by atomic mass is 32.2. The average Bonchev–Trinajstić information content (AvgIpc) is 2.36. The quantitative estimate of drug-likeness (QED) is 0.801. The van der Waals surface area contributed by atoms with Gasteiger partial charge >= 0.3 is 5.97 Å². The molecule has 118 valence electrons. The summed E-state index contributed by atoms with van der Waals surface area (Å²) in [5.41, 5.74) is 1.11. The van der Waals surface area contributed by atoms with Crippen LogP contribution in [0, 0.1) is 19.8 Å². The number of benzene rings is 1. The van der Waals surface area contributed by atoms with Gasteiger partial charge in [-0.3, -0.25) is 0 Å². The van der Waals surface area contributed by atoms with Gasteiger partial charge in [0.05, 0.1) is 10.5 Å². The first-order valence-corrected chi connectivity index (χ1v) is 9.40. The number of carboxylic acid groups (broad SMARTS) is 1. The van der Waals surface area contributed by atoms with Crippen molar-refractivity contribution in [3.63, 3.8) is 0 Å². The van der Waals surface area contributed by atoms with Gasteiger partial charge in [0.15, 0.2) is 0 Å². The molecule has 21 heavy (non-hydrogen) atoms. The van der Waals surface area contributed by atoms with Gasteiger partial charge in [-0.2, -0.15) is 11.8 Å². The van der Waals surface area contributed by atoms with Gasteiger partial charge < -0.3 is 5.11 Å². The Kier molecular flexibility index (Phi) is 6.24. The maximum absolute atomic E-state index is 12.3. The van der Waals surface area contributed by atoms with Gasteiger partial charge in [0.2, 0.25) is 10.0 Å². The number of carbonyl (C=O) groups is 1. The molecule has 0 aliphatic rings. The van der Waals surface area contributed by atoms with Gasteiger partial charge in [0, 0.05) is 6.54 Å². The van der Waals surface area contributed by atoms with Gasteiger partial charge in [-0.05, 0) is 49.0 Å². The van der Waals surface area contributed by atoms with Gasteiger partial charge in [0.1, 0.15) is 0 Å². The number of hydrogen-bond acceptors (Lipinski definition) is 4. The van der Waals surface area contributed by atoms with E-state index in [1.54, 1.807) is 31.7 Å². The highest BCUT2D eigenvalue weighted by Gasteiger charge is 2.21. The molecule has 1 aromatic rings. The van der Waals surface area contributed by atoms with Crippen LogP contribution < -0.4 is 4.72 Å². The smallest absolute Gasteiger partial charge is 0.335 e. The predicted molar refractivity (Wildman–Crippen MR) is 85.6 cm³/mol. The number of sulfonamides is 1.